The fraction of sp³-hybridized carbons (Fsp3) is 0.0385. The number of hydrogen-bond donors (Lipinski definition) is 0. The molecule has 0 bridgehead atoms. The van der Waals surface area contributed by atoms with E-state index in [1.54, 1.807) is 11.8 Å². The molecule has 0 aliphatic rings. The lowest BCUT2D eigenvalue weighted by molar-refractivity contribution is -0.00000536. The SMILES string of the molecule is S=C(SC[P+](c1ccccc1)(c1ccccc1)c1ccccc1)c1ccccc1.[I-]. The fourth-order valence-electron chi connectivity index (χ4n) is 3.53. The zero-order valence-corrected chi connectivity index (χ0v) is 21.1. The van der Waals surface area contributed by atoms with Crippen LogP contribution in [0.25, 0.3) is 0 Å². The van der Waals surface area contributed by atoms with Crippen LogP contribution in [0.2, 0.25) is 0 Å². The van der Waals surface area contributed by atoms with Crippen LogP contribution in [0, 0.1) is 0 Å². The van der Waals surface area contributed by atoms with Gasteiger partial charge in [0.25, 0.3) is 0 Å². The highest BCUT2D eigenvalue weighted by atomic mass is 127. The van der Waals surface area contributed by atoms with Gasteiger partial charge in [0, 0.05) is 0 Å². The van der Waals surface area contributed by atoms with Crippen molar-refractivity contribution < 1.29 is 24.0 Å². The maximum Gasteiger partial charge on any atom is 0.124 e. The van der Waals surface area contributed by atoms with Crippen LogP contribution in [0.4, 0.5) is 0 Å². The third-order valence-electron chi connectivity index (χ3n) is 4.99. The van der Waals surface area contributed by atoms with E-state index >= 15 is 0 Å². The first-order chi connectivity index (χ1) is 14.3. The van der Waals surface area contributed by atoms with Crippen molar-refractivity contribution in [3.8, 4) is 0 Å². The Morgan fingerprint density at radius 2 is 0.900 bits per heavy atom. The van der Waals surface area contributed by atoms with Gasteiger partial charge in [0.1, 0.15) is 28.7 Å². The maximum absolute atomic E-state index is 5.82. The molecule has 150 valence electrons. The molecule has 0 aliphatic carbocycles. The molecule has 4 aromatic carbocycles. The number of rotatable bonds is 6. The molecule has 0 nitrogen and oxygen atoms in total. The first-order valence-electron chi connectivity index (χ1n) is 9.58. The Labute approximate surface area is 206 Å². The summed E-state index contributed by atoms with van der Waals surface area (Å²) in [6, 6.07) is 43.2. The molecule has 0 saturated heterocycles. The summed E-state index contributed by atoms with van der Waals surface area (Å²) in [4.78, 5) is 0. The summed E-state index contributed by atoms with van der Waals surface area (Å²) in [5.74, 6) is 0. The fourth-order valence-corrected chi connectivity index (χ4v) is 10.4. The third kappa shape index (κ3) is 5.03. The number of benzene rings is 4. The zero-order valence-electron chi connectivity index (χ0n) is 16.4. The van der Waals surface area contributed by atoms with Crippen LogP contribution in [-0.2, 0) is 0 Å². The molecular formula is C26H22IPS2. The molecule has 0 aliphatic heterocycles. The van der Waals surface area contributed by atoms with Crippen molar-refractivity contribution in [1.82, 2.24) is 0 Å². The van der Waals surface area contributed by atoms with E-state index in [2.05, 4.69) is 115 Å². The number of thiocarbonyl (C=S) groups is 1. The molecule has 0 atom stereocenters. The van der Waals surface area contributed by atoms with Gasteiger partial charge in [-0.1, -0.05) is 109 Å². The smallest absolute Gasteiger partial charge is 0.124 e. The monoisotopic (exact) mass is 556 g/mol. The molecule has 0 heterocycles. The molecule has 0 amide bonds. The normalized spacial score (nSPS) is 10.8. The second kappa shape index (κ2) is 11.2. The number of halogens is 1. The molecule has 0 saturated carbocycles. The predicted octanol–water partition coefficient (Wildman–Crippen LogP) is 3.05. The van der Waals surface area contributed by atoms with Gasteiger partial charge in [0.2, 0.25) is 0 Å². The second-order valence-electron chi connectivity index (χ2n) is 6.74. The average molecular weight is 556 g/mol. The second-order valence-corrected chi connectivity index (χ2v) is 12.3. The summed E-state index contributed by atoms with van der Waals surface area (Å²) < 4.78 is 0.956. The van der Waals surface area contributed by atoms with Crippen molar-refractivity contribution in [1.29, 1.82) is 0 Å². The summed E-state index contributed by atoms with van der Waals surface area (Å²) in [6.45, 7) is 0. The van der Waals surface area contributed by atoms with Gasteiger partial charge in [-0.05, 0) is 42.0 Å². The van der Waals surface area contributed by atoms with Gasteiger partial charge in [-0.25, -0.2) is 0 Å². The number of thioether (sulfide) groups is 1. The predicted molar refractivity (Wildman–Crippen MR) is 136 cm³/mol. The molecule has 0 unspecified atom stereocenters. The molecule has 0 N–H and O–H groups in total. The van der Waals surface area contributed by atoms with Crippen LogP contribution in [-0.4, -0.2) is 9.69 Å². The van der Waals surface area contributed by atoms with E-state index in [1.165, 1.54) is 15.9 Å². The molecule has 0 spiro atoms. The topological polar surface area (TPSA) is 0 Å². The molecule has 4 rings (SSSR count). The minimum atomic E-state index is -1.85. The van der Waals surface area contributed by atoms with Crippen LogP contribution >= 0.6 is 31.2 Å². The summed E-state index contributed by atoms with van der Waals surface area (Å²) in [5, 5.41) is 4.17. The van der Waals surface area contributed by atoms with E-state index in [9.17, 15) is 0 Å². The standard InChI is InChI=1S/C26H22PS2.HI/c28-26(22-13-5-1-6-14-22)29-21-27(23-15-7-2-8-16-23,24-17-9-3-10-18-24)25-19-11-4-12-20-25;/h1-20H,21H2;1H/q+1;/p-1. The molecule has 0 radical (unpaired) electrons. The summed E-state index contributed by atoms with van der Waals surface area (Å²) in [7, 11) is -1.85. The lowest BCUT2D eigenvalue weighted by Gasteiger charge is -2.27. The van der Waals surface area contributed by atoms with Gasteiger partial charge in [-0.2, -0.15) is 0 Å². The van der Waals surface area contributed by atoms with Gasteiger partial charge >= 0.3 is 0 Å². The van der Waals surface area contributed by atoms with Gasteiger partial charge in [-0.15, -0.1) is 0 Å². The van der Waals surface area contributed by atoms with E-state index in [-0.39, 0.29) is 24.0 Å². The van der Waals surface area contributed by atoms with E-state index in [1.807, 2.05) is 6.07 Å². The van der Waals surface area contributed by atoms with E-state index in [4.69, 9.17) is 12.2 Å². The van der Waals surface area contributed by atoms with Crippen molar-refractivity contribution in [2.24, 2.45) is 0 Å². The Balaban J connectivity index is 0.00000256. The molecule has 0 aromatic heterocycles. The van der Waals surface area contributed by atoms with Crippen LogP contribution in [0.5, 0.6) is 0 Å². The van der Waals surface area contributed by atoms with Crippen LogP contribution < -0.4 is 39.9 Å². The molecule has 4 heteroatoms. The lowest BCUT2D eigenvalue weighted by atomic mass is 10.2. The van der Waals surface area contributed by atoms with Crippen molar-refractivity contribution in [2.45, 2.75) is 0 Å². The summed E-state index contributed by atoms with van der Waals surface area (Å²) >= 11 is 7.62. The average Bonchev–Trinajstić information content (AvgIpc) is 2.82. The largest absolute Gasteiger partial charge is 1.00 e. The Bertz CT molecular complexity index is 959. The van der Waals surface area contributed by atoms with Crippen molar-refractivity contribution in [3.63, 3.8) is 0 Å². The maximum atomic E-state index is 5.82. The van der Waals surface area contributed by atoms with Crippen LogP contribution in [0.15, 0.2) is 121 Å². The van der Waals surface area contributed by atoms with E-state index in [0.717, 1.165) is 15.3 Å². The van der Waals surface area contributed by atoms with Gasteiger partial charge in [0.05, 0.1) is 4.20 Å². The molecule has 0 fully saturated rings. The van der Waals surface area contributed by atoms with Gasteiger partial charge in [0.15, 0.2) is 0 Å². The Hall–Kier alpha value is -1.52. The summed E-state index contributed by atoms with van der Waals surface area (Å²) in [5.41, 5.74) is 2.07. The Morgan fingerprint density at radius 3 is 1.27 bits per heavy atom. The highest BCUT2D eigenvalue weighted by molar-refractivity contribution is 8.28. The van der Waals surface area contributed by atoms with Crippen molar-refractivity contribution in [2.75, 3.05) is 5.49 Å². The zero-order chi connectivity index (χ0) is 19.9. The van der Waals surface area contributed by atoms with Crippen LogP contribution in [0.3, 0.4) is 0 Å². The quantitative estimate of drug-likeness (QED) is 0.204. The minimum absolute atomic E-state index is 0. The highest BCUT2D eigenvalue weighted by Crippen LogP contribution is 2.57. The lowest BCUT2D eigenvalue weighted by Crippen LogP contribution is -3.00. The Morgan fingerprint density at radius 1 is 0.567 bits per heavy atom. The van der Waals surface area contributed by atoms with Crippen molar-refractivity contribution >= 4 is 51.4 Å². The van der Waals surface area contributed by atoms with Crippen molar-refractivity contribution in [3.05, 3.63) is 127 Å². The van der Waals surface area contributed by atoms with Crippen LogP contribution in [0.1, 0.15) is 5.56 Å². The summed E-state index contributed by atoms with van der Waals surface area (Å²) in [6.07, 6.45) is 0. The molecule has 30 heavy (non-hydrogen) atoms. The van der Waals surface area contributed by atoms with Gasteiger partial charge in [-0.3, -0.25) is 0 Å². The third-order valence-corrected chi connectivity index (χ3v) is 11.7. The van der Waals surface area contributed by atoms with E-state index < -0.39 is 7.26 Å². The molecular weight excluding hydrogens is 534 g/mol. The first kappa shape index (κ1) is 23.1. The highest BCUT2D eigenvalue weighted by Gasteiger charge is 2.45. The number of hydrogen-bond acceptors (Lipinski definition) is 2. The first-order valence-corrected chi connectivity index (χ1v) is 12.9. The van der Waals surface area contributed by atoms with Gasteiger partial charge < -0.3 is 24.0 Å². The minimum Gasteiger partial charge on any atom is -1.00 e. The van der Waals surface area contributed by atoms with E-state index in [0.29, 0.717) is 0 Å². The molecule has 4 aromatic rings. The Kier molecular flexibility index (Phi) is 8.64.